The van der Waals surface area contributed by atoms with Gasteiger partial charge in [0.25, 0.3) is 5.56 Å². The first-order valence-corrected chi connectivity index (χ1v) is 6.58. The van der Waals surface area contributed by atoms with Crippen LogP contribution in [0.4, 0.5) is 0 Å². The van der Waals surface area contributed by atoms with E-state index >= 15 is 0 Å². The molecule has 1 rings (SSSR count). The smallest absolute Gasteiger partial charge is 0.325 e. The molecule has 0 aliphatic rings. The molecule has 0 aliphatic carbocycles. The van der Waals surface area contributed by atoms with Crippen LogP contribution in [0.2, 0.25) is 0 Å². The summed E-state index contributed by atoms with van der Waals surface area (Å²) in [6, 6.07) is 0. The second kappa shape index (κ2) is 5.80. The van der Waals surface area contributed by atoms with Gasteiger partial charge in [0.1, 0.15) is 0 Å². The van der Waals surface area contributed by atoms with Gasteiger partial charge in [0, 0.05) is 19.8 Å². The van der Waals surface area contributed by atoms with Gasteiger partial charge in [-0.2, -0.15) is 0 Å². The van der Waals surface area contributed by atoms with E-state index in [1.807, 2.05) is 4.98 Å². The minimum atomic E-state index is -4.08. The molecule has 2 N–H and O–H groups in total. The maximum atomic E-state index is 12.0. The van der Waals surface area contributed by atoms with E-state index in [9.17, 15) is 22.8 Å². The molecule has 9 nitrogen and oxygen atoms in total. The van der Waals surface area contributed by atoms with Gasteiger partial charge in [-0.15, -0.1) is 0 Å². The highest BCUT2D eigenvalue weighted by molar-refractivity contribution is 7.89. The van der Waals surface area contributed by atoms with E-state index in [1.54, 1.807) is 0 Å². The fourth-order valence-electron chi connectivity index (χ4n) is 1.23. The SMILES string of the molecule is COC(=O)CCN(C)S(=O)(=O)c1c[nH]c(=O)[nH]c1=O. The largest absolute Gasteiger partial charge is 0.469 e. The summed E-state index contributed by atoms with van der Waals surface area (Å²) in [5.74, 6) is -0.572. The van der Waals surface area contributed by atoms with Gasteiger partial charge < -0.3 is 9.72 Å². The van der Waals surface area contributed by atoms with Gasteiger partial charge in [0.05, 0.1) is 13.5 Å². The third kappa shape index (κ3) is 3.51. The molecule has 0 aromatic carbocycles. The van der Waals surface area contributed by atoms with Crippen LogP contribution in [0, 0.1) is 0 Å². The summed E-state index contributed by atoms with van der Waals surface area (Å²) in [6.07, 6.45) is 0.665. The lowest BCUT2D eigenvalue weighted by molar-refractivity contribution is -0.140. The first-order chi connectivity index (χ1) is 8.78. The second-order valence-corrected chi connectivity index (χ2v) is 5.60. The van der Waals surface area contributed by atoms with E-state index in [1.165, 1.54) is 14.2 Å². The number of esters is 1. The summed E-state index contributed by atoms with van der Waals surface area (Å²) in [5, 5.41) is 0. The van der Waals surface area contributed by atoms with Crippen LogP contribution in [0.25, 0.3) is 0 Å². The third-order valence-electron chi connectivity index (χ3n) is 2.33. The number of methoxy groups -OCH3 is 1. The van der Waals surface area contributed by atoms with Gasteiger partial charge in [-0.3, -0.25) is 14.6 Å². The number of rotatable bonds is 5. The average molecular weight is 291 g/mol. The van der Waals surface area contributed by atoms with Crippen LogP contribution in [-0.2, 0) is 19.6 Å². The van der Waals surface area contributed by atoms with Crippen molar-refractivity contribution in [1.82, 2.24) is 14.3 Å². The minimum absolute atomic E-state index is 0.145. The topological polar surface area (TPSA) is 129 Å². The third-order valence-corrected chi connectivity index (χ3v) is 4.19. The van der Waals surface area contributed by atoms with E-state index in [4.69, 9.17) is 0 Å². The molecule has 0 bridgehead atoms. The van der Waals surface area contributed by atoms with Gasteiger partial charge in [0.15, 0.2) is 4.90 Å². The van der Waals surface area contributed by atoms with Crippen LogP contribution < -0.4 is 11.2 Å². The van der Waals surface area contributed by atoms with Crippen molar-refractivity contribution < 1.29 is 17.9 Å². The Hall–Kier alpha value is -1.94. The van der Waals surface area contributed by atoms with E-state index < -0.39 is 32.1 Å². The van der Waals surface area contributed by atoms with Gasteiger partial charge in [-0.25, -0.2) is 17.5 Å². The van der Waals surface area contributed by atoms with Crippen molar-refractivity contribution in [3.8, 4) is 0 Å². The second-order valence-electron chi connectivity index (χ2n) is 3.59. The van der Waals surface area contributed by atoms with Crippen LogP contribution in [-0.4, -0.2) is 49.4 Å². The molecule has 0 radical (unpaired) electrons. The van der Waals surface area contributed by atoms with Crippen molar-refractivity contribution in [3.63, 3.8) is 0 Å². The molecule has 1 heterocycles. The first kappa shape index (κ1) is 15.1. The quantitative estimate of drug-likeness (QED) is 0.619. The van der Waals surface area contributed by atoms with E-state index in [0.29, 0.717) is 0 Å². The maximum absolute atomic E-state index is 12.0. The lowest BCUT2D eigenvalue weighted by Crippen LogP contribution is -2.35. The van der Waals surface area contributed by atoms with Gasteiger partial charge in [-0.05, 0) is 0 Å². The summed E-state index contributed by atoms with van der Waals surface area (Å²) in [4.78, 5) is 36.4. The van der Waals surface area contributed by atoms with Crippen molar-refractivity contribution in [2.75, 3.05) is 20.7 Å². The Morgan fingerprint density at radius 3 is 2.58 bits per heavy atom. The van der Waals surface area contributed by atoms with Crippen LogP contribution in [0.15, 0.2) is 20.7 Å². The Bertz CT molecular complexity index is 674. The molecule has 1 aromatic rings. The van der Waals surface area contributed by atoms with Crippen molar-refractivity contribution in [1.29, 1.82) is 0 Å². The molecule has 0 saturated heterocycles. The minimum Gasteiger partial charge on any atom is -0.469 e. The molecule has 0 saturated carbocycles. The monoisotopic (exact) mass is 291 g/mol. The molecule has 0 atom stereocenters. The predicted molar refractivity (Wildman–Crippen MR) is 64.1 cm³/mol. The number of hydrogen-bond donors (Lipinski definition) is 2. The molecule has 106 valence electrons. The van der Waals surface area contributed by atoms with Crippen molar-refractivity contribution in [3.05, 3.63) is 27.0 Å². The molecular weight excluding hydrogens is 278 g/mol. The Kier molecular flexibility index (Phi) is 4.62. The molecule has 19 heavy (non-hydrogen) atoms. The Balaban J connectivity index is 3.00. The number of nitrogens with zero attached hydrogens (tertiary/aromatic N) is 1. The summed E-state index contributed by atoms with van der Waals surface area (Å²) in [7, 11) is -1.68. The number of sulfonamides is 1. The lowest BCUT2D eigenvalue weighted by Gasteiger charge is -2.15. The fraction of sp³-hybridized carbons (Fsp3) is 0.444. The fourth-order valence-corrected chi connectivity index (χ4v) is 2.39. The van der Waals surface area contributed by atoms with E-state index in [-0.39, 0.29) is 13.0 Å². The van der Waals surface area contributed by atoms with Crippen LogP contribution in [0.1, 0.15) is 6.42 Å². The predicted octanol–water partition coefficient (Wildman–Crippen LogP) is -1.75. The number of carbonyl (C=O) groups excluding carboxylic acids is 1. The standard InChI is InChI=1S/C9H13N3O6S/c1-12(4-3-7(13)18-2)19(16,17)6-5-10-9(15)11-8(6)14/h5H,3-4H2,1-2H3,(H2,10,11,14,15). The zero-order valence-electron chi connectivity index (χ0n) is 10.3. The van der Waals surface area contributed by atoms with Crippen LogP contribution in [0.3, 0.4) is 0 Å². The maximum Gasteiger partial charge on any atom is 0.325 e. The number of ether oxygens (including phenoxy) is 1. The molecule has 0 unspecified atom stereocenters. The first-order valence-electron chi connectivity index (χ1n) is 5.14. The zero-order valence-corrected chi connectivity index (χ0v) is 11.1. The number of aromatic nitrogens is 2. The summed E-state index contributed by atoms with van der Waals surface area (Å²) < 4.78 is 29.2. The normalized spacial score (nSPS) is 11.5. The lowest BCUT2D eigenvalue weighted by atomic mass is 10.4. The zero-order chi connectivity index (χ0) is 14.6. The summed E-state index contributed by atoms with van der Waals surface area (Å²) >= 11 is 0. The Morgan fingerprint density at radius 2 is 2.05 bits per heavy atom. The van der Waals surface area contributed by atoms with Crippen LogP contribution in [0.5, 0.6) is 0 Å². The Labute approximate surface area is 108 Å². The van der Waals surface area contributed by atoms with Gasteiger partial charge in [0.2, 0.25) is 10.0 Å². The number of carbonyl (C=O) groups is 1. The van der Waals surface area contributed by atoms with Crippen molar-refractivity contribution in [2.45, 2.75) is 11.3 Å². The molecule has 0 amide bonds. The highest BCUT2D eigenvalue weighted by atomic mass is 32.2. The molecule has 1 aromatic heterocycles. The number of hydrogen-bond acceptors (Lipinski definition) is 6. The van der Waals surface area contributed by atoms with Gasteiger partial charge in [-0.1, -0.05) is 0 Å². The highest BCUT2D eigenvalue weighted by Gasteiger charge is 2.24. The highest BCUT2D eigenvalue weighted by Crippen LogP contribution is 2.08. The summed E-state index contributed by atoms with van der Waals surface area (Å²) in [5.41, 5.74) is -1.82. The number of H-pyrrole nitrogens is 2. The molecular formula is C9H13N3O6S. The molecule has 10 heteroatoms. The van der Waals surface area contributed by atoms with Gasteiger partial charge >= 0.3 is 11.7 Å². The molecule has 0 spiro atoms. The number of aromatic amines is 2. The van der Waals surface area contributed by atoms with E-state index in [2.05, 4.69) is 9.72 Å². The van der Waals surface area contributed by atoms with Crippen molar-refractivity contribution >= 4 is 16.0 Å². The molecule has 0 fully saturated rings. The van der Waals surface area contributed by atoms with E-state index in [0.717, 1.165) is 10.5 Å². The van der Waals surface area contributed by atoms with Crippen LogP contribution >= 0.6 is 0 Å². The molecule has 0 aliphatic heterocycles. The average Bonchev–Trinajstić information content (AvgIpc) is 2.34. The Morgan fingerprint density at radius 1 is 1.42 bits per heavy atom. The van der Waals surface area contributed by atoms with Crippen molar-refractivity contribution in [2.24, 2.45) is 0 Å². The summed E-state index contributed by atoms with van der Waals surface area (Å²) in [6.45, 7) is -0.145. The number of nitrogens with one attached hydrogen (secondary N) is 2.